The summed E-state index contributed by atoms with van der Waals surface area (Å²) in [4.78, 5) is 2.00. The molecule has 0 aliphatic rings. The van der Waals surface area contributed by atoms with E-state index < -0.39 is 22.4 Å². The van der Waals surface area contributed by atoms with Gasteiger partial charge < -0.3 is 10.0 Å². The van der Waals surface area contributed by atoms with Crippen molar-refractivity contribution >= 4 is 10.0 Å². The molecule has 1 aromatic carbocycles. The number of rotatable bonds is 8. The number of nitrogens with one attached hydrogen (secondary N) is 1. The number of nitrogens with zero attached hydrogens (tertiary/aromatic N) is 1. The fourth-order valence-corrected chi connectivity index (χ4v) is 2.81. The van der Waals surface area contributed by atoms with Crippen LogP contribution in [0.1, 0.15) is 18.4 Å². The zero-order chi connectivity index (χ0) is 15.2. The molecule has 114 valence electrons. The lowest BCUT2D eigenvalue weighted by molar-refractivity contribution is 0.275. The summed E-state index contributed by atoms with van der Waals surface area (Å²) in [6.07, 6.45) is 1.62. The van der Waals surface area contributed by atoms with Crippen molar-refractivity contribution in [2.24, 2.45) is 0 Å². The first-order chi connectivity index (χ1) is 9.36. The first-order valence-corrected chi connectivity index (χ1v) is 7.89. The second kappa shape index (κ2) is 7.68. The maximum absolute atomic E-state index is 13.2. The van der Waals surface area contributed by atoms with Crippen LogP contribution in [-0.4, -0.2) is 45.6 Å². The van der Waals surface area contributed by atoms with Crippen LogP contribution in [0.3, 0.4) is 0 Å². The maximum atomic E-state index is 13.2. The van der Waals surface area contributed by atoms with Gasteiger partial charge in [-0.25, -0.2) is 17.5 Å². The zero-order valence-corrected chi connectivity index (χ0v) is 12.6. The monoisotopic (exact) mass is 304 g/mol. The van der Waals surface area contributed by atoms with E-state index >= 15 is 0 Å². The van der Waals surface area contributed by atoms with E-state index in [1.54, 1.807) is 0 Å². The van der Waals surface area contributed by atoms with Gasteiger partial charge in [0.25, 0.3) is 0 Å². The smallest absolute Gasteiger partial charge is 0.240 e. The standard InChI is InChI=1S/C13H21FN2O3S/c1-16(2)8-4-3-7-15-20(18,19)12-5-6-13(14)11(9-12)10-17/h5-6,9,15,17H,3-4,7-8,10H2,1-2H3. The Hall–Kier alpha value is -1.02. The molecule has 0 radical (unpaired) electrons. The predicted molar refractivity (Wildman–Crippen MR) is 75.3 cm³/mol. The normalized spacial score (nSPS) is 12.1. The number of aliphatic hydroxyl groups excluding tert-OH is 1. The van der Waals surface area contributed by atoms with Crippen molar-refractivity contribution in [3.63, 3.8) is 0 Å². The molecule has 0 aromatic heterocycles. The summed E-state index contributed by atoms with van der Waals surface area (Å²) in [5.41, 5.74) is -0.0273. The quantitative estimate of drug-likeness (QED) is 0.701. The number of halogens is 1. The van der Waals surface area contributed by atoms with Crippen LogP contribution in [0.2, 0.25) is 0 Å². The molecule has 0 amide bonds. The fourth-order valence-electron chi connectivity index (χ4n) is 1.68. The average Bonchev–Trinajstić information content (AvgIpc) is 2.38. The fraction of sp³-hybridized carbons (Fsp3) is 0.538. The van der Waals surface area contributed by atoms with Gasteiger partial charge in [0, 0.05) is 12.1 Å². The Morgan fingerprint density at radius 2 is 2.00 bits per heavy atom. The minimum absolute atomic E-state index is 0.0273. The van der Waals surface area contributed by atoms with Crippen LogP contribution in [-0.2, 0) is 16.6 Å². The molecule has 0 aliphatic heterocycles. The van der Waals surface area contributed by atoms with Crippen molar-refractivity contribution in [3.8, 4) is 0 Å². The summed E-state index contributed by atoms with van der Waals surface area (Å²) in [6.45, 7) is 0.701. The van der Waals surface area contributed by atoms with Gasteiger partial charge in [0.15, 0.2) is 0 Å². The molecule has 1 aromatic rings. The largest absolute Gasteiger partial charge is 0.392 e. The Morgan fingerprint density at radius 1 is 1.30 bits per heavy atom. The molecule has 1 rings (SSSR count). The highest BCUT2D eigenvalue weighted by atomic mass is 32.2. The Kier molecular flexibility index (Phi) is 6.54. The summed E-state index contributed by atoms with van der Waals surface area (Å²) in [5.74, 6) is -0.613. The van der Waals surface area contributed by atoms with Gasteiger partial charge in [-0.15, -0.1) is 0 Å². The lowest BCUT2D eigenvalue weighted by Gasteiger charge is -2.10. The van der Waals surface area contributed by atoms with E-state index in [4.69, 9.17) is 5.11 Å². The lowest BCUT2D eigenvalue weighted by atomic mass is 10.2. The van der Waals surface area contributed by atoms with E-state index in [9.17, 15) is 12.8 Å². The summed E-state index contributed by atoms with van der Waals surface area (Å²) in [5, 5.41) is 8.95. The number of hydrogen-bond donors (Lipinski definition) is 2. The van der Waals surface area contributed by atoms with Crippen molar-refractivity contribution in [1.29, 1.82) is 0 Å². The first-order valence-electron chi connectivity index (χ1n) is 6.40. The SMILES string of the molecule is CN(C)CCCCNS(=O)(=O)c1ccc(F)c(CO)c1. The van der Waals surface area contributed by atoms with Crippen molar-refractivity contribution in [2.45, 2.75) is 24.3 Å². The molecule has 0 spiro atoms. The summed E-state index contributed by atoms with van der Waals surface area (Å²) < 4.78 is 39.6. The lowest BCUT2D eigenvalue weighted by Crippen LogP contribution is -2.25. The van der Waals surface area contributed by atoms with Gasteiger partial charge in [0.05, 0.1) is 11.5 Å². The van der Waals surface area contributed by atoms with Gasteiger partial charge in [-0.1, -0.05) is 0 Å². The molecule has 0 atom stereocenters. The number of unbranched alkanes of at least 4 members (excludes halogenated alkanes) is 1. The molecule has 0 heterocycles. The highest BCUT2D eigenvalue weighted by Gasteiger charge is 2.15. The first kappa shape index (κ1) is 17.0. The summed E-state index contributed by atoms with van der Waals surface area (Å²) in [7, 11) is 0.263. The van der Waals surface area contributed by atoms with Crippen molar-refractivity contribution in [2.75, 3.05) is 27.2 Å². The van der Waals surface area contributed by atoms with Crippen molar-refractivity contribution < 1.29 is 17.9 Å². The van der Waals surface area contributed by atoms with Crippen LogP contribution >= 0.6 is 0 Å². The minimum atomic E-state index is -3.65. The van der Waals surface area contributed by atoms with Gasteiger partial charge in [-0.05, 0) is 51.7 Å². The summed E-state index contributed by atoms with van der Waals surface area (Å²) >= 11 is 0. The molecule has 20 heavy (non-hydrogen) atoms. The Balaban J connectivity index is 2.60. The number of benzene rings is 1. The van der Waals surface area contributed by atoms with E-state index in [1.807, 2.05) is 19.0 Å². The third kappa shape index (κ3) is 5.16. The second-order valence-electron chi connectivity index (χ2n) is 4.82. The Bertz CT molecular complexity index is 532. The number of sulfonamides is 1. The minimum Gasteiger partial charge on any atom is -0.392 e. The van der Waals surface area contributed by atoms with Gasteiger partial charge in [-0.3, -0.25) is 0 Å². The molecule has 0 unspecified atom stereocenters. The molecule has 7 heteroatoms. The maximum Gasteiger partial charge on any atom is 0.240 e. The molecular formula is C13H21FN2O3S. The Morgan fingerprint density at radius 3 is 2.60 bits per heavy atom. The van der Waals surface area contributed by atoms with E-state index in [0.717, 1.165) is 31.5 Å². The highest BCUT2D eigenvalue weighted by Crippen LogP contribution is 2.15. The van der Waals surface area contributed by atoms with Crippen LogP contribution in [0.5, 0.6) is 0 Å². The molecule has 0 saturated heterocycles. The molecule has 0 bridgehead atoms. The molecule has 0 saturated carbocycles. The van der Waals surface area contributed by atoms with Crippen LogP contribution < -0.4 is 4.72 Å². The van der Waals surface area contributed by atoms with E-state index in [0.29, 0.717) is 6.54 Å². The highest BCUT2D eigenvalue weighted by molar-refractivity contribution is 7.89. The van der Waals surface area contributed by atoms with Crippen LogP contribution in [0.25, 0.3) is 0 Å². The predicted octanol–water partition coefficient (Wildman–Crippen LogP) is 0.938. The van der Waals surface area contributed by atoms with Gasteiger partial charge in [0.1, 0.15) is 5.82 Å². The molecule has 5 nitrogen and oxygen atoms in total. The topological polar surface area (TPSA) is 69.6 Å². The summed E-state index contributed by atoms with van der Waals surface area (Å²) in [6, 6.07) is 3.39. The number of aliphatic hydroxyl groups is 1. The van der Waals surface area contributed by atoms with Crippen LogP contribution in [0.15, 0.2) is 23.1 Å². The van der Waals surface area contributed by atoms with Gasteiger partial charge in [-0.2, -0.15) is 0 Å². The molecule has 0 fully saturated rings. The van der Waals surface area contributed by atoms with Crippen molar-refractivity contribution in [1.82, 2.24) is 9.62 Å². The van der Waals surface area contributed by atoms with Crippen molar-refractivity contribution in [3.05, 3.63) is 29.6 Å². The molecule has 2 N–H and O–H groups in total. The van der Waals surface area contributed by atoms with E-state index in [-0.39, 0.29) is 10.5 Å². The molecule has 0 aliphatic carbocycles. The molecular weight excluding hydrogens is 283 g/mol. The van der Waals surface area contributed by atoms with E-state index in [1.165, 1.54) is 6.07 Å². The third-order valence-corrected chi connectivity index (χ3v) is 4.28. The van der Waals surface area contributed by atoms with Gasteiger partial charge in [0.2, 0.25) is 10.0 Å². The third-order valence-electron chi connectivity index (χ3n) is 2.82. The average molecular weight is 304 g/mol. The number of hydrogen-bond acceptors (Lipinski definition) is 4. The van der Waals surface area contributed by atoms with E-state index in [2.05, 4.69) is 4.72 Å². The van der Waals surface area contributed by atoms with Gasteiger partial charge >= 0.3 is 0 Å². The van der Waals surface area contributed by atoms with Crippen LogP contribution in [0.4, 0.5) is 4.39 Å². The second-order valence-corrected chi connectivity index (χ2v) is 6.59. The Labute approximate surface area is 119 Å². The van der Waals surface area contributed by atoms with Crippen LogP contribution in [0, 0.1) is 5.82 Å². The zero-order valence-electron chi connectivity index (χ0n) is 11.8.